The van der Waals surface area contributed by atoms with Gasteiger partial charge in [0.2, 0.25) is 5.91 Å². The van der Waals surface area contributed by atoms with Crippen molar-refractivity contribution < 1.29 is 18.4 Å². The Morgan fingerprint density at radius 3 is 2.47 bits per heavy atom. The van der Waals surface area contributed by atoms with Crippen molar-refractivity contribution in [1.82, 2.24) is 15.1 Å². The van der Waals surface area contributed by atoms with Crippen LogP contribution in [0.2, 0.25) is 0 Å². The molecule has 1 atom stereocenters. The predicted octanol–water partition coefficient (Wildman–Crippen LogP) is 3.09. The first-order valence-electron chi connectivity index (χ1n) is 9.88. The Labute approximate surface area is 180 Å². The van der Waals surface area contributed by atoms with E-state index in [4.69, 9.17) is 0 Å². The lowest BCUT2D eigenvalue weighted by Crippen LogP contribution is -2.57. The lowest BCUT2D eigenvalue weighted by atomic mass is 10.00. The van der Waals surface area contributed by atoms with Crippen molar-refractivity contribution in [1.29, 1.82) is 0 Å². The van der Waals surface area contributed by atoms with Gasteiger partial charge in [0.1, 0.15) is 11.6 Å². The third-order valence-corrected chi connectivity index (χ3v) is 5.63. The van der Waals surface area contributed by atoms with Gasteiger partial charge in [0.25, 0.3) is 5.91 Å². The summed E-state index contributed by atoms with van der Waals surface area (Å²) < 4.78 is 27.8. The average Bonchev–Trinajstić information content (AvgIpc) is 2.74. The molecule has 0 aliphatic carbocycles. The lowest BCUT2D eigenvalue weighted by molar-refractivity contribution is -0.135. The van der Waals surface area contributed by atoms with E-state index in [0.29, 0.717) is 37.3 Å². The first-order valence-corrected chi connectivity index (χ1v) is 9.88. The third kappa shape index (κ3) is 4.63. The van der Waals surface area contributed by atoms with Gasteiger partial charge in [0.15, 0.2) is 0 Å². The highest BCUT2D eigenvalue weighted by Gasteiger charge is 2.32. The molecule has 0 spiro atoms. The van der Waals surface area contributed by atoms with Crippen LogP contribution in [0.1, 0.15) is 23.2 Å². The molecule has 2 heterocycles. The second kappa shape index (κ2) is 9.53. The molecule has 5 nitrogen and oxygen atoms in total. The maximum Gasteiger partial charge on any atom is 0.256 e. The molecule has 2 aliphatic heterocycles. The topological polar surface area (TPSA) is 52.7 Å². The molecule has 160 valence electrons. The SMILES string of the molecule is Cl.O=C(c1ccc(-c2ccc(F)cc2)cc1F)N1CCCC(N2CCNCC2=O)C1. The van der Waals surface area contributed by atoms with Gasteiger partial charge in [-0.05, 0) is 48.2 Å². The Morgan fingerprint density at radius 1 is 1.03 bits per heavy atom. The molecule has 1 unspecified atom stereocenters. The summed E-state index contributed by atoms with van der Waals surface area (Å²) in [4.78, 5) is 28.6. The van der Waals surface area contributed by atoms with Crippen LogP contribution in [0.4, 0.5) is 8.78 Å². The number of piperazine rings is 1. The number of hydrogen-bond acceptors (Lipinski definition) is 3. The molecule has 2 amide bonds. The summed E-state index contributed by atoms with van der Waals surface area (Å²) in [6.07, 6.45) is 1.63. The Bertz CT molecular complexity index is 923. The first-order chi connectivity index (χ1) is 14.0. The fraction of sp³-hybridized carbons (Fsp3) is 0.364. The van der Waals surface area contributed by atoms with E-state index in [1.165, 1.54) is 24.3 Å². The van der Waals surface area contributed by atoms with Gasteiger partial charge in [0, 0.05) is 32.2 Å². The molecule has 2 aliphatic rings. The maximum atomic E-state index is 14.7. The van der Waals surface area contributed by atoms with Crippen molar-refractivity contribution in [2.75, 3.05) is 32.7 Å². The standard InChI is InChI=1S/C22H23F2N3O2.ClH/c23-17-6-3-15(4-7-17)16-5-8-19(20(24)12-16)22(29)26-10-1-2-18(14-26)27-11-9-25-13-21(27)28;/h3-8,12,18,25H,1-2,9-11,13-14H2;1H. The van der Waals surface area contributed by atoms with Crippen molar-refractivity contribution in [2.45, 2.75) is 18.9 Å². The zero-order valence-corrected chi connectivity index (χ0v) is 17.3. The van der Waals surface area contributed by atoms with E-state index in [9.17, 15) is 18.4 Å². The number of halogens is 3. The minimum Gasteiger partial charge on any atom is -0.336 e. The Hall–Kier alpha value is -2.51. The number of rotatable bonds is 3. The number of carbonyl (C=O) groups is 2. The summed E-state index contributed by atoms with van der Waals surface area (Å²) in [5.41, 5.74) is 1.28. The van der Waals surface area contributed by atoms with E-state index in [2.05, 4.69) is 5.32 Å². The van der Waals surface area contributed by atoms with E-state index in [-0.39, 0.29) is 41.6 Å². The second-order valence-corrected chi connectivity index (χ2v) is 7.51. The fourth-order valence-corrected chi connectivity index (χ4v) is 4.08. The Kier molecular flexibility index (Phi) is 7.05. The minimum atomic E-state index is -0.600. The quantitative estimate of drug-likeness (QED) is 0.806. The Balaban J connectivity index is 0.00000256. The van der Waals surface area contributed by atoms with Crippen LogP contribution in [0.25, 0.3) is 11.1 Å². The zero-order chi connectivity index (χ0) is 20.4. The number of piperidine rings is 1. The molecule has 2 aromatic rings. The van der Waals surface area contributed by atoms with Crippen molar-refractivity contribution in [2.24, 2.45) is 0 Å². The van der Waals surface area contributed by atoms with Gasteiger partial charge in [-0.3, -0.25) is 9.59 Å². The number of nitrogens with zero attached hydrogens (tertiary/aromatic N) is 2. The summed E-state index contributed by atoms with van der Waals surface area (Å²) in [5, 5.41) is 3.05. The van der Waals surface area contributed by atoms with Crippen molar-refractivity contribution in [3.63, 3.8) is 0 Å². The molecule has 0 bridgehead atoms. The smallest absolute Gasteiger partial charge is 0.256 e. The summed E-state index contributed by atoms with van der Waals surface area (Å²) in [7, 11) is 0. The largest absolute Gasteiger partial charge is 0.336 e. The van der Waals surface area contributed by atoms with Crippen molar-refractivity contribution in [3.05, 3.63) is 59.7 Å². The number of hydrogen-bond donors (Lipinski definition) is 1. The summed E-state index contributed by atoms with van der Waals surface area (Å²) in [6.45, 7) is 2.67. The number of carbonyl (C=O) groups excluding carboxylic acids is 2. The zero-order valence-electron chi connectivity index (χ0n) is 16.4. The molecule has 2 aromatic carbocycles. The van der Waals surface area contributed by atoms with Gasteiger partial charge in [-0.2, -0.15) is 0 Å². The molecular weight excluding hydrogens is 412 g/mol. The van der Waals surface area contributed by atoms with Crippen LogP contribution in [0.3, 0.4) is 0 Å². The van der Waals surface area contributed by atoms with Gasteiger partial charge in [-0.25, -0.2) is 8.78 Å². The predicted molar refractivity (Wildman–Crippen MR) is 113 cm³/mol. The lowest BCUT2D eigenvalue weighted by Gasteiger charge is -2.41. The van der Waals surface area contributed by atoms with E-state index in [1.54, 1.807) is 23.1 Å². The second-order valence-electron chi connectivity index (χ2n) is 7.51. The summed E-state index contributed by atoms with van der Waals surface area (Å²) in [6, 6.07) is 10.2. The molecule has 0 saturated carbocycles. The van der Waals surface area contributed by atoms with Gasteiger partial charge in [-0.15, -0.1) is 12.4 Å². The van der Waals surface area contributed by atoms with E-state index in [0.717, 1.165) is 19.4 Å². The van der Waals surface area contributed by atoms with Gasteiger partial charge in [-0.1, -0.05) is 18.2 Å². The molecule has 4 rings (SSSR count). The van der Waals surface area contributed by atoms with Crippen LogP contribution in [0, 0.1) is 11.6 Å². The third-order valence-electron chi connectivity index (χ3n) is 5.63. The molecule has 2 fully saturated rings. The number of likely N-dealkylation sites (tertiary alicyclic amines) is 1. The van der Waals surface area contributed by atoms with E-state index < -0.39 is 5.82 Å². The summed E-state index contributed by atoms with van der Waals surface area (Å²) in [5.74, 6) is -1.27. The minimum absolute atomic E-state index is 0. The highest BCUT2D eigenvalue weighted by atomic mass is 35.5. The van der Waals surface area contributed by atoms with E-state index in [1.807, 2.05) is 4.90 Å². The van der Waals surface area contributed by atoms with Crippen LogP contribution in [-0.2, 0) is 4.79 Å². The van der Waals surface area contributed by atoms with Crippen molar-refractivity contribution >= 4 is 24.2 Å². The molecule has 0 aromatic heterocycles. The molecule has 0 radical (unpaired) electrons. The van der Waals surface area contributed by atoms with Crippen LogP contribution < -0.4 is 5.32 Å². The monoisotopic (exact) mass is 435 g/mol. The number of benzene rings is 2. The molecule has 2 saturated heterocycles. The molecule has 8 heteroatoms. The van der Waals surface area contributed by atoms with Gasteiger partial charge >= 0.3 is 0 Å². The molecular formula is C22H24ClF2N3O2. The normalized spacial score (nSPS) is 19.4. The van der Waals surface area contributed by atoms with Crippen LogP contribution in [0.15, 0.2) is 42.5 Å². The fourth-order valence-electron chi connectivity index (χ4n) is 4.08. The number of nitrogens with one attached hydrogen (secondary N) is 1. The highest BCUT2D eigenvalue weighted by molar-refractivity contribution is 5.95. The van der Waals surface area contributed by atoms with E-state index >= 15 is 0 Å². The Morgan fingerprint density at radius 2 is 1.77 bits per heavy atom. The van der Waals surface area contributed by atoms with Gasteiger partial charge < -0.3 is 15.1 Å². The van der Waals surface area contributed by atoms with Crippen LogP contribution in [-0.4, -0.2) is 60.4 Å². The van der Waals surface area contributed by atoms with Gasteiger partial charge in [0.05, 0.1) is 12.1 Å². The van der Waals surface area contributed by atoms with Crippen molar-refractivity contribution in [3.8, 4) is 11.1 Å². The molecule has 30 heavy (non-hydrogen) atoms. The maximum absolute atomic E-state index is 14.7. The summed E-state index contributed by atoms with van der Waals surface area (Å²) >= 11 is 0. The average molecular weight is 436 g/mol. The number of amides is 2. The highest BCUT2D eigenvalue weighted by Crippen LogP contribution is 2.25. The van der Waals surface area contributed by atoms with Crippen LogP contribution in [0.5, 0.6) is 0 Å². The molecule has 1 N–H and O–H groups in total. The first kappa shape index (κ1) is 22.2. The van der Waals surface area contributed by atoms with Crippen LogP contribution >= 0.6 is 12.4 Å².